The van der Waals surface area contributed by atoms with Gasteiger partial charge in [-0.2, -0.15) is 4.98 Å². The predicted octanol–water partition coefficient (Wildman–Crippen LogP) is 3.16. The van der Waals surface area contributed by atoms with Gasteiger partial charge in [-0.15, -0.1) is 0 Å². The van der Waals surface area contributed by atoms with E-state index >= 15 is 0 Å². The second kappa shape index (κ2) is 5.80. The summed E-state index contributed by atoms with van der Waals surface area (Å²) in [4.78, 5) is 18.7. The topological polar surface area (TPSA) is 59.2 Å². The SMILES string of the molecule is Cc1ccc(-c2noc(C3CCN(C(=O)C4CC4)CC3)n2)cc1. The molecule has 2 fully saturated rings. The fourth-order valence-electron chi connectivity index (χ4n) is 3.16. The van der Waals surface area contributed by atoms with E-state index in [4.69, 9.17) is 4.52 Å². The number of carbonyl (C=O) groups is 1. The summed E-state index contributed by atoms with van der Waals surface area (Å²) < 4.78 is 5.48. The summed E-state index contributed by atoms with van der Waals surface area (Å²) in [6, 6.07) is 8.13. The number of benzene rings is 1. The second-order valence-electron chi connectivity index (χ2n) is 6.70. The van der Waals surface area contributed by atoms with Gasteiger partial charge in [-0.05, 0) is 32.6 Å². The Morgan fingerprint density at radius 1 is 1.13 bits per heavy atom. The maximum atomic E-state index is 12.1. The van der Waals surface area contributed by atoms with Gasteiger partial charge >= 0.3 is 0 Å². The fraction of sp³-hybridized carbons (Fsp3) is 0.500. The minimum Gasteiger partial charge on any atom is -0.342 e. The van der Waals surface area contributed by atoms with Crippen LogP contribution in [0.5, 0.6) is 0 Å². The van der Waals surface area contributed by atoms with Crippen molar-refractivity contribution in [3.05, 3.63) is 35.7 Å². The Kier molecular flexibility index (Phi) is 3.63. The minimum atomic E-state index is 0.268. The van der Waals surface area contributed by atoms with Crippen molar-refractivity contribution in [1.29, 1.82) is 0 Å². The van der Waals surface area contributed by atoms with E-state index in [0.717, 1.165) is 44.3 Å². The van der Waals surface area contributed by atoms with Crippen molar-refractivity contribution in [2.45, 2.75) is 38.5 Å². The molecule has 5 nitrogen and oxygen atoms in total. The lowest BCUT2D eigenvalue weighted by molar-refractivity contribution is -0.133. The molecular formula is C18H21N3O2. The van der Waals surface area contributed by atoms with E-state index in [-0.39, 0.29) is 5.92 Å². The van der Waals surface area contributed by atoms with Gasteiger partial charge in [0.05, 0.1) is 0 Å². The summed E-state index contributed by atoms with van der Waals surface area (Å²) in [6.45, 7) is 3.67. The molecule has 5 heteroatoms. The number of aromatic nitrogens is 2. The fourth-order valence-corrected chi connectivity index (χ4v) is 3.16. The highest BCUT2D eigenvalue weighted by Crippen LogP contribution is 2.34. The van der Waals surface area contributed by atoms with Crippen LogP contribution < -0.4 is 0 Å². The third kappa shape index (κ3) is 3.00. The summed E-state index contributed by atoms with van der Waals surface area (Å²) in [5, 5.41) is 4.12. The molecule has 0 atom stereocenters. The van der Waals surface area contributed by atoms with Gasteiger partial charge in [-0.25, -0.2) is 0 Å². The van der Waals surface area contributed by atoms with Crippen LogP contribution in [0, 0.1) is 12.8 Å². The molecule has 0 N–H and O–H groups in total. The van der Waals surface area contributed by atoms with Crippen LogP contribution in [-0.4, -0.2) is 34.0 Å². The summed E-state index contributed by atoms with van der Waals surface area (Å²) in [6.07, 6.45) is 3.96. The van der Waals surface area contributed by atoms with Crippen molar-refractivity contribution in [2.24, 2.45) is 5.92 Å². The van der Waals surface area contributed by atoms with Crippen molar-refractivity contribution >= 4 is 5.91 Å². The Bertz CT molecular complexity index is 695. The van der Waals surface area contributed by atoms with Crippen LogP contribution in [0.2, 0.25) is 0 Å². The molecule has 1 amide bonds. The third-order valence-electron chi connectivity index (χ3n) is 4.83. The van der Waals surface area contributed by atoms with Gasteiger partial charge in [0.1, 0.15) is 0 Å². The first-order valence-corrected chi connectivity index (χ1v) is 8.40. The van der Waals surface area contributed by atoms with Crippen LogP contribution in [0.4, 0.5) is 0 Å². The van der Waals surface area contributed by atoms with Crippen LogP contribution in [0.15, 0.2) is 28.8 Å². The number of hydrogen-bond acceptors (Lipinski definition) is 4. The van der Waals surface area contributed by atoms with Crippen molar-refractivity contribution in [3.63, 3.8) is 0 Å². The van der Waals surface area contributed by atoms with E-state index < -0.39 is 0 Å². The van der Waals surface area contributed by atoms with E-state index in [1.807, 2.05) is 29.2 Å². The number of hydrogen-bond donors (Lipinski definition) is 0. The molecule has 0 unspecified atom stereocenters. The van der Waals surface area contributed by atoms with Crippen molar-refractivity contribution < 1.29 is 9.32 Å². The molecule has 0 spiro atoms. The summed E-state index contributed by atoms with van der Waals surface area (Å²) in [5.41, 5.74) is 2.19. The van der Waals surface area contributed by atoms with Crippen LogP contribution in [0.3, 0.4) is 0 Å². The molecule has 120 valence electrons. The molecule has 1 saturated heterocycles. The lowest BCUT2D eigenvalue weighted by Crippen LogP contribution is -2.38. The highest BCUT2D eigenvalue weighted by molar-refractivity contribution is 5.81. The molecule has 1 saturated carbocycles. The quantitative estimate of drug-likeness (QED) is 0.873. The van der Waals surface area contributed by atoms with Crippen molar-refractivity contribution in [2.75, 3.05) is 13.1 Å². The van der Waals surface area contributed by atoms with Crippen LogP contribution in [0.25, 0.3) is 11.4 Å². The first kappa shape index (κ1) is 14.4. The number of piperidine rings is 1. The molecular weight excluding hydrogens is 290 g/mol. The lowest BCUT2D eigenvalue weighted by Gasteiger charge is -2.30. The average molecular weight is 311 g/mol. The van der Waals surface area contributed by atoms with Gasteiger partial charge in [0.25, 0.3) is 0 Å². The molecule has 0 bridgehead atoms. The first-order valence-electron chi connectivity index (χ1n) is 8.40. The van der Waals surface area contributed by atoms with Crippen LogP contribution >= 0.6 is 0 Å². The van der Waals surface area contributed by atoms with Crippen LogP contribution in [-0.2, 0) is 4.79 Å². The molecule has 4 rings (SSSR count). The Balaban J connectivity index is 1.41. The van der Waals surface area contributed by atoms with Gasteiger partial charge < -0.3 is 9.42 Å². The van der Waals surface area contributed by atoms with Gasteiger partial charge in [-0.1, -0.05) is 35.0 Å². The molecule has 23 heavy (non-hydrogen) atoms. The minimum absolute atomic E-state index is 0.268. The smallest absolute Gasteiger partial charge is 0.230 e. The van der Waals surface area contributed by atoms with E-state index in [1.165, 1.54) is 5.56 Å². The molecule has 2 heterocycles. The zero-order valence-electron chi connectivity index (χ0n) is 13.4. The number of nitrogens with zero attached hydrogens (tertiary/aromatic N) is 3. The summed E-state index contributed by atoms with van der Waals surface area (Å²) in [7, 11) is 0. The van der Waals surface area contributed by atoms with E-state index in [9.17, 15) is 4.79 Å². The van der Waals surface area contributed by atoms with Crippen molar-refractivity contribution in [1.82, 2.24) is 15.0 Å². The number of amides is 1. The number of likely N-dealkylation sites (tertiary alicyclic amines) is 1. The first-order chi connectivity index (χ1) is 11.2. The molecule has 1 aromatic carbocycles. The monoisotopic (exact) mass is 311 g/mol. The zero-order valence-corrected chi connectivity index (χ0v) is 13.4. The van der Waals surface area contributed by atoms with Crippen LogP contribution in [0.1, 0.15) is 43.1 Å². The molecule has 1 aliphatic heterocycles. The second-order valence-corrected chi connectivity index (χ2v) is 6.70. The van der Waals surface area contributed by atoms with E-state index in [2.05, 4.69) is 17.1 Å². The summed E-state index contributed by atoms with van der Waals surface area (Å²) >= 11 is 0. The molecule has 0 radical (unpaired) electrons. The van der Waals surface area contributed by atoms with Crippen molar-refractivity contribution in [3.8, 4) is 11.4 Å². The number of rotatable bonds is 3. The lowest BCUT2D eigenvalue weighted by atomic mass is 9.96. The standard InChI is InChI=1S/C18H21N3O2/c1-12-2-4-13(5-3-12)16-19-17(23-20-16)14-8-10-21(11-9-14)18(22)15-6-7-15/h2-5,14-15H,6-11H2,1H3. The van der Waals surface area contributed by atoms with Gasteiger partial charge in [-0.3, -0.25) is 4.79 Å². The maximum Gasteiger partial charge on any atom is 0.230 e. The Morgan fingerprint density at radius 3 is 2.48 bits per heavy atom. The summed E-state index contributed by atoms with van der Waals surface area (Å²) in [5.74, 6) is 2.28. The molecule has 1 aromatic heterocycles. The Hall–Kier alpha value is -2.17. The highest BCUT2D eigenvalue weighted by atomic mass is 16.5. The predicted molar refractivity (Wildman–Crippen MR) is 85.8 cm³/mol. The molecule has 2 aliphatic rings. The van der Waals surface area contributed by atoms with E-state index in [1.54, 1.807) is 0 Å². The van der Waals surface area contributed by atoms with E-state index in [0.29, 0.717) is 23.5 Å². The largest absolute Gasteiger partial charge is 0.342 e. The third-order valence-corrected chi connectivity index (χ3v) is 4.83. The molecule has 2 aromatic rings. The zero-order chi connectivity index (χ0) is 15.8. The van der Waals surface area contributed by atoms with Gasteiger partial charge in [0.15, 0.2) is 0 Å². The van der Waals surface area contributed by atoms with Gasteiger partial charge in [0.2, 0.25) is 17.6 Å². The number of carbonyl (C=O) groups excluding carboxylic acids is 1. The Morgan fingerprint density at radius 2 is 1.83 bits per heavy atom. The normalized spacial score (nSPS) is 19.1. The Labute approximate surface area is 135 Å². The van der Waals surface area contributed by atoms with Gasteiger partial charge in [0, 0.05) is 30.5 Å². The number of aryl methyl sites for hydroxylation is 1. The average Bonchev–Trinajstić information content (AvgIpc) is 3.32. The maximum absolute atomic E-state index is 12.1. The highest BCUT2D eigenvalue weighted by Gasteiger charge is 2.35. The molecule has 1 aliphatic carbocycles.